The van der Waals surface area contributed by atoms with Gasteiger partial charge in [0.15, 0.2) is 0 Å². The monoisotopic (exact) mass is 269 g/mol. The van der Waals surface area contributed by atoms with Crippen molar-refractivity contribution in [3.8, 4) is 0 Å². The van der Waals surface area contributed by atoms with Gasteiger partial charge in [0, 0.05) is 32.8 Å². The summed E-state index contributed by atoms with van der Waals surface area (Å²) in [5, 5.41) is 0. The number of thiol groups is 1. The van der Waals surface area contributed by atoms with Crippen molar-refractivity contribution in [2.24, 2.45) is 17.3 Å². The van der Waals surface area contributed by atoms with Crippen molar-refractivity contribution in [3.63, 3.8) is 0 Å². The molecule has 0 aromatic rings. The Morgan fingerprint density at radius 1 is 1.00 bits per heavy atom. The van der Waals surface area contributed by atoms with Crippen LogP contribution < -0.4 is 0 Å². The number of ether oxygens (including phenoxy) is 1. The quantitative estimate of drug-likeness (QED) is 0.714. The van der Waals surface area contributed by atoms with Crippen LogP contribution in [0, 0.1) is 17.3 Å². The van der Waals surface area contributed by atoms with Gasteiger partial charge >= 0.3 is 0 Å². The maximum atomic E-state index is 5.54. The van der Waals surface area contributed by atoms with Crippen molar-refractivity contribution in [1.82, 2.24) is 4.90 Å². The van der Waals surface area contributed by atoms with Gasteiger partial charge in [-0.3, -0.25) is 0 Å². The molecular formula is C15H27NOS. The lowest BCUT2D eigenvalue weighted by atomic mass is 9.81. The molecule has 1 heterocycles. The average Bonchev–Trinajstić information content (AvgIpc) is 3.27. The van der Waals surface area contributed by atoms with E-state index >= 15 is 0 Å². The zero-order chi connectivity index (χ0) is 12.4. The fraction of sp³-hybridized carbons (Fsp3) is 1.00. The molecule has 2 saturated carbocycles. The van der Waals surface area contributed by atoms with Crippen molar-refractivity contribution < 1.29 is 4.74 Å². The molecule has 0 spiro atoms. The molecule has 2 aliphatic carbocycles. The molecule has 3 rings (SSSR count). The summed E-state index contributed by atoms with van der Waals surface area (Å²) in [5.74, 6) is 3.06. The van der Waals surface area contributed by atoms with Crippen LogP contribution in [-0.4, -0.2) is 43.5 Å². The minimum Gasteiger partial charge on any atom is -0.381 e. The molecule has 18 heavy (non-hydrogen) atoms. The zero-order valence-corrected chi connectivity index (χ0v) is 12.3. The maximum absolute atomic E-state index is 5.54. The fourth-order valence-electron chi connectivity index (χ4n) is 3.18. The van der Waals surface area contributed by atoms with Crippen LogP contribution in [0.2, 0.25) is 0 Å². The summed E-state index contributed by atoms with van der Waals surface area (Å²) in [6.07, 6.45) is 8.30. The molecule has 0 amide bonds. The lowest BCUT2D eigenvalue weighted by Crippen LogP contribution is -2.44. The van der Waals surface area contributed by atoms with Gasteiger partial charge in [0.05, 0.1) is 0 Å². The van der Waals surface area contributed by atoms with Crippen LogP contribution in [0.4, 0.5) is 0 Å². The molecular weight excluding hydrogens is 242 g/mol. The summed E-state index contributed by atoms with van der Waals surface area (Å²) < 4.78 is 5.54. The third-order valence-corrected chi connectivity index (χ3v) is 5.55. The Kier molecular flexibility index (Phi) is 4.21. The normalized spacial score (nSPS) is 27.7. The number of rotatable bonds is 7. The van der Waals surface area contributed by atoms with Crippen LogP contribution >= 0.6 is 12.6 Å². The minimum absolute atomic E-state index is 0.436. The molecule has 1 saturated heterocycles. The van der Waals surface area contributed by atoms with Gasteiger partial charge in [0.2, 0.25) is 0 Å². The Balaban J connectivity index is 1.57. The zero-order valence-electron chi connectivity index (χ0n) is 11.4. The summed E-state index contributed by atoms with van der Waals surface area (Å²) >= 11 is 4.65. The molecule has 0 bridgehead atoms. The summed E-state index contributed by atoms with van der Waals surface area (Å²) in [5.41, 5.74) is 0.436. The van der Waals surface area contributed by atoms with Gasteiger partial charge in [0.25, 0.3) is 0 Å². The molecule has 3 fully saturated rings. The largest absolute Gasteiger partial charge is 0.381 e. The Morgan fingerprint density at radius 3 is 2.00 bits per heavy atom. The third kappa shape index (κ3) is 3.64. The van der Waals surface area contributed by atoms with Crippen molar-refractivity contribution in [2.75, 3.05) is 38.6 Å². The van der Waals surface area contributed by atoms with E-state index in [-0.39, 0.29) is 0 Å². The van der Waals surface area contributed by atoms with Crippen LogP contribution in [0.25, 0.3) is 0 Å². The molecule has 0 unspecified atom stereocenters. The molecule has 0 atom stereocenters. The maximum Gasteiger partial charge on any atom is 0.0472 e. The van der Waals surface area contributed by atoms with Crippen molar-refractivity contribution in [1.29, 1.82) is 0 Å². The summed E-state index contributed by atoms with van der Waals surface area (Å²) in [7, 11) is 0. The lowest BCUT2D eigenvalue weighted by Gasteiger charge is -2.40. The van der Waals surface area contributed by atoms with Gasteiger partial charge in [-0.1, -0.05) is 0 Å². The number of hydrogen-bond acceptors (Lipinski definition) is 3. The predicted molar refractivity (Wildman–Crippen MR) is 78.2 cm³/mol. The van der Waals surface area contributed by atoms with Crippen LogP contribution in [0.3, 0.4) is 0 Å². The smallest absolute Gasteiger partial charge is 0.0472 e. The van der Waals surface area contributed by atoms with E-state index < -0.39 is 0 Å². The molecule has 3 aliphatic rings. The van der Waals surface area contributed by atoms with E-state index in [0.717, 1.165) is 30.8 Å². The van der Waals surface area contributed by atoms with E-state index in [1.807, 2.05) is 0 Å². The molecule has 3 heteroatoms. The van der Waals surface area contributed by atoms with Crippen LogP contribution in [0.5, 0.6) is 0 Å². The Hall–Kier alpha value is 0.270. The third-order valence-electron chi connectivity index (χ3n) is 4.87. The molecule has 104 valence electrons. The van der Waals surface area contributed by atoms with Crippen LogP contribution in [-0.2, 0) is 4.74 Å². The second-order valence-electron chi connectivity index (χ2n) is 6.85. The first-order chi connectivity index (χ1) is 8.80. The lowest BCUT2D eigenvalue weighted by molar-refractivity contribution is 0.00627. The van der Waals surface area contributed by atoms with Gasteiger partial charge in [-0.2, -0.15) is 12.6 Å². The Labute approximate surface area is 117 Å². The van der Waals surface area contributed by atoms with Crippen LogP contribution in [0.1, 0.15) is 38.5 Å². The molecule has 0 radical (unpaired) electrons. The highest BCUT2D eigenvalue weighted by Crippen LogP contribution is 2.38. The molecule has 2 nitrogen and oxygen atoms in total. The average molecular weight is 269 g/mol. The van der Waals surface area contributed by atoms with E-state index in [1.165, 1.54) is 58.2 Å². The molecule has 0 aromatic heterocycles. The van der Waals surface area contributed by atoms with Crippen molar-refractivity contribution in [2.45, 2.75) is 38.5 Å². The van der Waals surface area contributed by atoms with Crippen molar-refractivity contribution >= 4 is 12.6 Å². The highest BCUT2D eigenvalue weighted by molar-refractivity contribution is 7.80. The van der Waals surface area contributed by atoms with Gasteiger partial charge in [-0.05, 0) is 61.5 Å². The van der Waals surface area contributed by atoms with Crippen molar-refractivity contribution in [3.05, 3.63) is 0 Å². The molecule has 1 aliphatic heterocycles. The summed E-state index contributed by atoms with van der Waals surface area (Å²) in [6.45, 7) is 5.87. The Bertz CT molecular complexity index is 256. The van der Waals surface area contributed by atoms with E-state index in [0.29, 0.717) is 5.41 Å². The van der Waals surface area contributed by atoms with Gasteiger partial charge in [-0.25, -0.2) is 0 Å². The van der Waals surface area contributed by atoms with E-state index in [4.69, 9.17) is 4.74 Å². The second kappa shape index (κ2) is 5.72. The standard InChI is InChI=1S/C15H27NOS/c18-12-15(5-7-17-8-6-15)11-16(9-13-1-2-13)10-14-3-4-14/h13-14,18H,1-12H2. The SMILES string of the molecule is SCC1(CN(CC2CC2)CC2CC2)CCOCC1. The summed E-state index contributed by atoms with van der Waals surface area (Å²) in [4.78, 5) is 2.77. The highest BCUT2D eigenvalue weighted by Gasteiger charge is 2.36. The van der Waals surface area contributed by atoms with Gasteiger partial charge < -0.3 is 9.64 Å². The number of hydrogen-bond donors (Lipinski definition) is 1. The van der Waals surface area contributed by atoms with E-state index in [1.54, 1.807) is 0 Å². The fourth-order valence-corrected chi connectivity index (χ4v) is 3.60. The Morgan fingerprint density at radius 2 is 1.56 bits per heavy atom. The van der Waals surface area contributed by atoms with Gasteiger partial charge in [0.1, 0.15) is 0 Å². The molecule has 0 aromatic carbocycles. The summed E-state index contributed by atoms with van der Waals surface area (Å²) in [6, 6.07) is 0. The van der Waals surface area contributed by atoms with E-state index in [2.05, 4.69) is 17.5 Å². The molecule has 0 N–H and O–H groups in total. The first-order valence-electron chi connectivity index (χ1n) is 7.71. The number of nitrogens with zero attached hydrogens (tertiary/aromatic N) is 1. The van der Waals surface area contributed by atoms with E-state index in [9.17, 15) is 0 Å². The second-order valence-corrected chi connectivity index (χ2v) is 7.17. The minimum atomic E-state index is 0.436. The first-order valence-corrected chi connectivity index (χ1v) is 8.34. The highest BCUT2D eigenvalue weighted by atomic mass is 32.1. The van der Waals surface area contributed by atoms with Crippen LogP contribution in [0.15, 0.2) is 0 Å². The predicted octanol–water partition coefficient (Wildman–Crippen LogP) is 2.84. The van der Waals surface area contributed by atoms with Gasteiger partial charge in [-0.15, -0.1) is 0 Å². The topological polar surface area (TPSA) is 12.5 Å². The first kappa shape index (κ1) is 13.3.